The van der Waals surface area contributed by atoms with E-state index in [0.29, 0.717) is 44.1 Å². The number of amides is 1. The van der Waals surface area contributed by atoms with Gasteiger partial charge in [0.25, 0.3) is 20.2 Å². The minimum absolute atomic E-state index is 0.00200. The van der Waals surface area contributed by atoms with Crippen LogP contribution in [0.5, 0.6) is 17.2 Å². The fourth-order valence-electron chi connectivity index (χ4n) is 7.33. The predicted molar refractivity (Wildman–Crippen MR) is 246 cm³/mol. The number of carbonyl (C=O) groups is 1. The third kappa shape index (κ3) is 13.7. The third-order valence-corrected chi connectivity index (χ3v) is 14.8. The molecule has 5 N–H and O–H groups in total. The molecule has 0 aliphatic carbocycles. The number of likely N-dealkylation sites (N-methyl/N-ethyl adjacent to an activating group) is 1. The molecule has 0 saturated carbocycles. The second-order valence-corrected chi connectivity index (χ2v) is 20.5. The largest absolute Gasteiger partial charge is 0.488 e. The van der Waals surface area contributed by atoms with Gasteiger partial charge < -0.3 is 39.3 Å². The number of aliphatic hydroxyl groups excluding tert-OH is 1. The van der Waals surface area contributed by atoms with Crippen LogP contribution in [0.15, 0.2) is 77.7 Å². The molecule has 1 aliphatic rings. The summed E-state index contributed by atoms with van der Waals surface area (Å²) < 4.78 is 99.4. The number of alkyl halides is 1. The first-order valence-corrected chi connectivity index (χ1v) is 24.7. The summed E-state index contributed by atoms with van der Waals surface area (Å²) in [7, 11) is -8.95. The lowest BCUT2D eigenvalue weighted by Gasteiger charge is -2.40. The molecular weight excluding hydrogens is 1010 g/mol. The molecule has 1 aliphatic heterocycles. The number of hydrogen-bond donors (Lipinski definition) is 5. The zero-order valence-electron chi connectivity index (χ0n) is 37.4. The van der Waals surface area contributed by atoms with Crippen molar-refractivity contribution in [3.05, 3.63) is 117 Å². The van der Waals surface area contributed by atoms with E-state index in [1.807, 2.05) is 56.3 Å². The number of nitrogens with one attached hydrogen (secondary N) is 1. The molecule has 0 spiro atoms. The van der Waals surface area contributed by atoms with Crippen molar-refractivity contribution >= 4 is 42.1 Å². The molecule has 6 rings (SSSR count). The number of halogens is 2. The highest BCUT2D eigenvalue weighted by atomic mass is 79.9. The molecule has 5 aromatic rings. The number of aliphatic hydroxyl groups is 2. The third-order valence-electron chi connectivity index (χ3n) is 11.0. The zero-order valence-corrected chi connectivity index (χ0v) is 40.6. The van der Waals surface area contributed by atoms with E-state index >= 15 is 0 Å². The Morgan fingerprint density at radius 1 is 1.00 bits per heavy atom. The maximum absolute atomic E-state index is 13.0. The summed E-state index contributed by atoms with van der Waals surface area (Å²) in [5.41, 5.74) is 4.55. The van der Waals surface area contributed by atoms with Crippen molar-refractivity contribution < 1.29 is 69.1 Å². The Labute approximate surface area is 405 Å². The summed E-state index contributed by atoms with van der Waals surface area (Å²) in [5, 5.41) is 40.7. The number of hydrogen-bond acceptors (Lipinski definition) is 17. The van der Waals surface area contributed by atoms with E-state index in [-0.39, 0.29) is 52.5 Å². The van der Waals surface area contributed by atoms with Gasteiger partial charge in [0, 0.05) is 42.6 Å². The number of nitriles is 1. The molecule has 1 amide bonds. The Balaban J connectivity index is 1.14. The van der Waals surface area contributed by atoms with Crippen LogP contribution < -0.4 is 24.4 Å². The summed E-state index contributed by atoms with van der Waals surface area (Å²) in [4.78, 5) is 25.0. The van der Waals surface area contributed by atoms with E-state index in [9.17, 15) is 50.6 Å². The molecule has 2 aromatic heterocycles. The van der Waals surface area contributed by atoms with Crippen LogP contribution in [-0.2, 0) is 56.1 Å². The molecule has 21 nitrogen and oxygen atoms in total. The number of ether oxygens (including phenoxy) is 4. The summed E-state index contributed by atoms with van der Waals surface area (Å²) in [6, 6.07) is 18.5. The molecule has 2 unspecified atom stereocenters. The Kier molecular flexibility index (Phi) is 17.3. The van der Waals surface area contributed by atoms with Crippen molar-refractivity contribution in [2.45, 2.75) is 69.0 Å². The molecule has 0 bridgehead atoms. The van der Waals surface area contributed by atoms with Gasteiger partial charge in [0.2, 0.25) is 10.5 Å². The van der Waals surface area contributed by atoms with Crippen LogP contribution in [-0.4, -0.2) is 130 Å². The van der Waals surface area contributed by atoms with Crippen molar-refractivity contribution in [1.82, 2.24) is 30.4 Å². The number of nitrogens with zero attached hydrogens (tertiary/aromatic N) is 6. The highest BCUT2D eigenvalue weighted by molar-refractivity contribution is 9.10. The number of benzene rings is 3. The van der Waals surface area contributed by atoms with E-state index in [4.69, 9.17) is 23.8 Å². The van der Waals surface area contributed by atoms with Crippen molar-refractivity contribution in [3.8, 4) is 34.4 Å². The molecule has 3 atom stereocenters. The van der Waals surface area contributed by atoms with E-state index in [2.05, 4.69) is 36.5 Å². The van der Waals surface area contributed by atoms with Gasteiger partial charge in [0.15, 0.2) is 6.10 Å². The molecule has 69 heavy (non-hydrogen) atoms. The Morgan fingerprint density at radius 2 is 1.70 bits per heavy atom. The number of aromatic nitrogens is 4. The smallest absolute Gasteiger partial charge is 0.286 e. The second kappa shape index (κ2) is 22.7. The van der Waals surface area contributed by atoms with Gasteiger partial charge in [-0.2, -0.15) is 22.1 Å². The van der Waals surface area contributed by atoms with Crippen LogP contribution in [0, 0.1) is 25.2 Å². The van der Waals surface area contributed by atoms with Crippen LogP contribution in [0.3, 0.4) is 0 Å². The first-order valence-electron chi connectivity index (χ1n) is 20.9. The summed E-state index contributed by atoms with van der Waals surface area (Å²) in [6.07, 6.45) is 1.67. The van der Waals surface area contributed by atoms with Gasteiger partial charge in [-0.15, -0.1) is 5.10 Å². The van der Waals surface area contributed by atoms with Gasteiger partial charge in [-0.25, -0.2) is 0 Å². The molecule has 1 fully saturated rings. The van der Waals surface area contributed by atoms with E-state index in [1.54, 1.807) is 31.4 Å². The van der Waals surface area contributed by atoms with Crippen molar-refractivity contribution in [3.63, 3.8) is 0 Å². The highest BCUT2D eigenvalue weighted by Gasteiger charge is 2.46. The SMILES string of the molecule is Cc1c(COc2cc(OCc3cncc(C#N)c3)c(CN(C)CC(=O)NCC(S(=O)(=O)O)S(=O)(=O)O)cc2Br)cccc1-c1cccc(OCc2cn(OC3COC[C@](O)(CCF)C3O)nn2)c1C. The average molecular weight is 1060 g/mol. The minimum Gasteiger partial charge on any atom is -0.488 e. The minimum atomic E-state index is -5.26. The standard InChI is InChI=1S/C44H49BrFN7O14S2/c1-27-31(6-4-7-34(27)35-8-5-9-37(28(35)2)66-24-33-20-53(51-50-33)67-40-25-63-26-44(56,10-11-46)43(40)55)23-65-39-14-38(64-22-30-12-29(15-47)16-48-17-30)32(13-36(39)45)19-52(3)21-41(54)49-18-42(68(57,58)59)69(60,61)62/h4-9,12-14,16-17,20,40,42-43,55-56H,10-11,18-19,21-26H2,1-3H3,(H,49,54)(H,57,58,59)(H,60,61,62)/t40?,43?,44-/m1/s1. The summed E-state index contributed by atoms with van der Waals surface area (Å²) in [5.74, 6) is 0.518. The lowest BCUT2D eigenvalue weighted by atomic mass is 9.89. The van der Waals surface area contributed by atoms with Gasteiger partial charge >= 0.3 is 0 Å². The maximum Gasteiger partial charge on any atom is 0.286 e. The van der Waals surface area contributed by atoms with Gasteiger partial charge in [0.1, 0.15) is 60.5 Å². The molecular formula is C44H49BrFN7O14S2. The topological polar surface area (TPSA) is 295 Å². The molecule has 1 saturated heterocycles. The number of rotatable bonds is 22. The van der Waals surface area contributed by atoms with Crippen LogP contribution in [0.1, 0.15) is 45.5 Å². The van der Waals surface area contributed by atoms with E-state index in [1.165, 1.54) is 17.3 Å². The van der Waals surface area contributed by atoms with Crippen LogP contribution in [0.2, 0.25) is 0 Å². The average Bonchev–Trinajstić information content (AvgIpc) is 3.73. The van der Waals surface area contributed by atoms with Gasteiger partial charge in [-0.3, -0.25) is 28.2 Å². The Bertz CT molecular complexity index is 2870. The fraction of sp³-hybridized carbons (Fsp3) is 0.386. The maximum atomic E-state index is 13.0. The lowest BCUT2D eigenvalue weighted by molar-refractivity contribution is -0.225. The van der Waals surface area contributed by atoms with Gasteiger partial charge in [0.05, 0.1) is 49.2 Å². The van der Waals surface area contributed by atoms with E-state index < -0.39 is 61.8 Å². The molecule has 3 aromatic carbocycles. The predicted octanol–water partition coefficient (Wildman–Crippen LogP) is 3.26. The van der Waals surface area contributed by atoms with Gasteiger partial charge in [-0.05, 0) is 88.1 Å². The summed E-state index contributed by atoms with van der Waals surface area (Å²) in [6.45, 7) is 1.55. The van der Waals surface area contributed by atoms with Gasteiger partial charge in [-0.1, -0.05) is 35.2 Å². The molecule has 0 radical (unpaired) electrons. The lowest BCUT2D eigenvalue weighted by Crippen LogP contribution is -2.60. The van der Waals surface area contributed by atoms with Crippen molar-refractivity contribution in [1.29, 1.82) is 5.26 Å². The quantitative estimate of drug-likeness (QED) is 0.0622. The molecule has 370 valence electrons. The number of carbonyl (C=O) groups excluding carboxylic acids is 1. The highest BCUT2D eigenvalue weighted by Crippen LogP contribution is 2.37. The van der Waals surface area contributed by atoms with E-state index in [0.717, 1.165) is 32.7 Å². The van der Waals surface area contributed by atoms with Crippen molar-refractivity contribution in [2.75, 3.05) is 40.0 Å². The monoisotopic (exact) mass is 1060 g/mol. The zero-order chi connectivity index (χ0) is 50.1. The first kappa shape index (κ1) is 52.5. The molecule has 3 heterocycles. The second-order valence-electron chi connectivity index (χ2n) is 16.2. The van der Waals surface area contributed by atoms with Crippen LogP contribution in [0.4, 0.5) is 4.39 Å². The first-order chi connectivity index (χ1) is 32.7. The normalized spacial score (nSPS) is 17.4. The Morgan fingerprint density at radius 3 is 2.41 bits per heavy atom. The van der Waals surface area contributed by atoms with Crippen LogP contribution >= 0.6 is 15.9 Å². The Hall–Kier alpha value is -5.82. The van der Waals surface area contributed by atoms with Crippen LogP contribution in [0.25, 0.3) is 11.1 Å². The number of pyridine rings is 1. The summed E-state index contributed by atoms with van der Waals surface area (Å²) >= 11 is 3.59. The van der Waals surface area contributed by atoms with Crippen molar-refractivity contribution in [2.24, 2.45) is 0 Å². The molecule has 25 heteroatoms. The fourth-order valence-corrected chi connectivity index (χ4v) is 9.65.